The molecular formula is C9H18N2O2. The second kappa shape index (κ2) is 5.56. The van der Waals surface area contributed by atoms with Crippen LogP contribution in [0.25, 0.3) is 0 Å². The van der Waals surface area contributed by atoms with Gasteiger partial charge in [-0.15, -0.1) is 0 Å². The summed E-state index contributed by atoms with van der Waals surface area (Å²) >= 11 is 0. The smallest absolute Gasteiger partial charge is 0.314 e. The highest BCUT2D eigenvalue weighted by molar-refractivity contribution is 6.00. The van der Waals surface area contributed by atoms with Gasteiger partial charge in [-0.2, -0.15) is 5.10 Å². The predicted molar refractivity (Wildman–Crippen MR) is 52.6 cm³/mol. The van der Waals surface area contributed by atoms with Crippen LogP contribution in [0.5, 0.6) is 0 Å². The highest BCUT2D eigenvalue weighted by Crippen LogP contribution is 2.02. The van der Waals surface area contributed by atoms with Gasteiger partial charge in [0.1, 0.15) is 0 Å². The van der Waals surface area contributed by atoms with Crippen molar-refractivity contribution in [3.63, 3.8) is 0 Å². The van der Waals surface area contributed by atoms with Gasteiger partial charge in [0.25, 0.3) is 0 Å². The van der Waals surface area contributed by atoms with Crippen molar-refractivity contribution >= 4 is 11.7 Å². The van der Waals surface area contributed by atoms with Gasteiger partial charge in [-0.25, -0.2) is 0 Å². The summed E-state index contributed by atoms with van der Waals surface area (Å²) < 4.78 is 4.87. The van der Waals surface area contributed by atoms with E-state index in [1.807, 2.05) is 21.0 Å². The third kappa shape index (κ3) is 4.50. The first kappa shape index (κ1) is 11.9. The van der Waals surface area contributed by atoms with Crippen LogP contribution >= 0.6 is 0 Å². The number of hydrogen-bond acceptors (Lipinski definition) is 4. The first-order chi connectivity index (χ1) is 5.99. The van der Waals surface area contributed by atoms with Crippen LogP contribution in [-0.4, -0.2) is 37.4 Å². The fourth-order valence-corrected chi connectivity index (χ4v) is 0.840. The second-order valence-corrected chi connectivity index (χ2v) is 3.06. The van der Waals surface area contributed by atoms with Gasteiger partial charge in [0.2, 0.25) is 0 Å². The third-order valence-electron chi connectivity index (χ3n) is 1.62. The van der Waals surface area contributed by atoms with E-state index in [-0.39, 0.29) is 11.9 Å². The molecule has 0 bridgehead atoms. The van der Waals surface area contributed by atoms with Crippen LogP contribution in [0.1, 0.15) is 20.8 Å². The lowest BCUT2D eigenvalue weighted by Crippen LogP contribution is -2.23. The Kier molecular flexibility index (Phi) is 5.11. The van der Waals surface area contributed by atoms with Gasteiger partial charge in [-0.05, 0) is 20.8 Å². The summed E-state index contributed by atoms with van der Waals surface area (Å²) in [7, 11) is 3.64. The molecule has 0 amide bonds. The van der Waals surface area contributed by atoms with Crippen molar-refractivity contribution in [1.82, 2.24) is 5.01 Å². The van der Waals surface area contributed by atoms with E-state index < -0.39 is 0 Å². The molecule has 4 heteroatoms. The summed E-state index contributed by atoms with van der Waals surface area (Å²) in [5, 5.41) is 5.80. The fraction of sp³-hybridized carbons (Fsp3) is 0.778. The molecule has 0 radical (unpaired) electrons. The molecule has 0 aromatic carbocycles. The number of nitrogens with zero attached hydrogens (tertiary/aromatic N) is 2. The van der Waals surface area contributed by atoms with Crippen LogP contribution in [0.4, 0.5) is 0 Å². The van der Waals surface area contributed by atoms with Gasteiger partial charge in [0.05, 0.1) is 12.5 Å². The van der Waals surface area contributed by atoms with Gasteiger partial charge in [-0.3, -0.25) is 4.79 Å². The molecule has 0 spiro atoms. The molecule has 0 saturated heterocycles. The van der Waals surface area contributed by atoms with Crippen LogP contribution in [0.15, 0.2) is 5.10 Å². The predicted octanol–water partition coefficient (Wildman–Crippen LogP) is 1.12. The lowest BCUT2D eigenvalue weighted by molar-refractivity contribution is -0.145. The number of hydrazone groups is 1. The Morgan fingerprint density at radius 3 is 2.46 bits per heavy atom. The summed E-state index contributed by atoms with van der Waals surface area (Å²) in [6.07, 6.45) is 0. The van der Waals surface area contributed by atoms with Crippen molar-refractivity contribution in [2.45, 2.75) is 20.8 Å². The van der Waals surface area contributed by atoms with Crippen molar-refractivity contribution in [3.05, 3.63) is 0 Å². The molecule has 1 unspecified atom stereocenters. The van der Waals surface area contributed by atoms with Crippen molar-refractivity contribution in [1.29, 1.82) is 0 Å². The number of carbonyl (C=O) groups is 1. The Hall–Kier alpha value is -1.06. The quantitative estimate of drug-likeness (QED) is 0.375. The van der Waals surface area contributed by atoms with E-state index in [1.165, 1.54) is 0 Å². The van der Waals surface area contributed by atoms with Crippen molar-refractivity contribution in [2.24, 2.45) is 11.0 Å². The molecule has 76 valence electrons. The van der Waals surface area contributed by atoms with Gasteiger partial charge >= 0.3 is 5.97 Å². The average molecular weight is 186 g/mol. The molecule has 0 aromatic heterocycles. The minimum absolute atomic E-state index is 0.217. The molecular weight excluding hydrogens is 168 g/mol. The zero-order chi connectivity index (χ0) is 10.4. The van der Waals surface area contributed by atoms with E-state index in [0.717, 1.165) is 5.71 Å². The third-order valence-corrected chi connectivity index (χ3v) is 1.62. The molecule has 0 rings (SSSR count). The lowest BCUT2D eigenvalue weighted by Gasteiger charge is -2.12. The van der Waals surface area contributed by atoms with E-state index in [4.69, 9.17) is 4.74 Å². The van der Waals surface area contributed by atoms with Crippen molar-refractivity contribution in [3.8, 4) is 0 Å². The Labute approximate surface area is 79.6 Å². The average Bonchev–Trinajstić information content (AvgIpc) is 2.02. The lowest BCUT2D eigenvalue weighted by atomic mass is 10.1. The van der Waals surface area contributed by atoms with E-state index in [0.29, 0.717) is 6.61 Å². The first-order valence-corrected chi connectivity index (χ1v) is 4.38. The van der Waals surface area contributed by atoms with Gasteiger partial charge in [-0.1, -0.05) is 0 Å². The Morgan fingerprint density at radius 1 is 1.54 bits per heavy atom. The topological polar surface area (TPSA) is 41.9 Å². The van der Waals surface area contributed by atoms with E-state index in [2.05, 4.69) is 5.10 Å². The monoisotopic (exact) mass is 186 g/mol. The highest BCUT2D eigenvalue weighted by atomic mass is 16.5. The minimum atomic E-state index is -0.262. The summed E-state index contributed by atoms with van der Waals surface area (Å²) in [6.45, 7) is 5.82. The number of carbonyl (C=O) groups excluding carboxylic acids is 1. The highest BCUT2D eigenvalue weighted by Gasteiger charge is 2.17. The zero-order valence-electron chi connectivity index (χ0n) is 9.00. The van der Waals surface area contributed by atoms with Crippen LogP contribution in [-0.2, 0) is 9.53 Å². The Balaban J connectivity index is 4.24. The Bertz CT molecular complexity index is 200. The first-order valence-electron chi connectivity index (χ1n) is 4.38. The molecule has 4 nitrogen and oxygen atoms in total. The molecule has 1 atom stereocenters. The largest absolute Gasteiger partial charge is 0.465 e. The van der Waals surface area contributed by atoms with Gasteiger partial charge in [0, 0.05) is 19.8 Å². The SMILES string of the molecule is CCOC(=O)C(C)/C(C)=N\N(C)C. The number of esters is 1. The molecule has 0 N–H and O–H groups in total. The number of ether oxygens (including phenoxy) is 1. The summed E-state index contributed by atoms with van der Waals surface area (Å²) in [5.74, 6) is -0.479. The second-order valence-electron chi connectivity index (χ2n) is 3.06. The maximum absolute atomic E-state index is 11.2. The molecule has 0 aromatic rings. The molecule has 0 saturated carbocycles. The molecule has 0 fully saturated rings. The van der Waals surface area contributed by atoms with Gasteiger partial charge in [0.15, 0.2) is 0 Å². The normalized spacial score (nSPS) is 13.8. The zero-order valence-corrected chi connectivity index (χ0v) is 9.00. The maximum Gasteiger partial charge on any atom is 0.314 e. The Morgan fingerprint density at radius 2 is 2.08 bits per heavy atom. The van der Waals surface area contributed by atoms with Crippen LogP contribution in [0.2, 0.25) is 0 Å². The van der Waals surface area contributed by atoms with E-state index in [1.54, 1.807) is 18.9 Å². The van der Waals surface area contributed by atoms with Gasteiger partial charge < -0.3 is 9.75 Å². The van der Waals surface area contributed by atoms with Crippen molar-refractivity contribution in [2.75, 3.05) is 20.7 Å². The number of hydrogen-bond donors (Lipinski definition) is 0. The summed E-state index contributed by atoms with van der Waals surface area (Å²) in [5.41, 5.74) is 0.767. The fourth-order valence-electron chi connectivity index (χ4n) is 0.840. The van der Waals surface area contributed by atoms with Crippen LogP contribution in [0.3, 0.4) is 0 Å². The summed E-state index contributed by atoms with van der Waals surface area (Å²) in [6, 6.07) is 0. The molecule has 13 heavy (non-hydrogen) atoms. The summed E-state index contributed by atoms with van der Waals surface area (Å²) in [4.78, 5) is 11.2. The standard InChI is InChI=1S/C9H18N2O2/c1-6-13-9(12)7(2)8(3)10-11(4)5/h7H,6H2,1-5H3/b10-8-. The molecule has 0 aliphatic heterocycles. The molecule has 0 aliphatic rings. The number of rotatable bonds is 4. The minimum Gasteiger partial charge on any atom is -0.465 e. The van der Waals surface area contributed by atoms with Crippen molar-refractivity contribution < 1.29 is 9.53 Å². The van der Waals surface area contributed by atoms with Crippen LogP contribution in [0, 0.1) is 5.92 Å². The van der Waals surface area contributed by atoms with E-state index >= 15 is 0 Å². The maximum atomic E-state index is 11.2. The van der Waals surface area contributed by atoms with Crippen LogP contribution < -0.4 is 0 Å². The van der Waals surface area contributed by atoms with E-state index in [9.17, 15) is 4.79 Å². The molecule has 0 aliphatic carbocycles. The molecule has 0 heterocycles.